The van der Waals surface area contributed by atoms with E-state index in [1.54, 1.807) is 18.4 Å². The SMILES string of the molecule is CN=C(NCCN1CCN(C(=O)C2CCCC2)CC1)NCc1nc(C)c(C)s1.I. The number of nitrogens with zero attached hydrogens (tertiary/aromatic N) is 4. The van der Waals surface area contributed by atoms with Crippen LogP contribution in [0.4, 0.5) is 0 Å². The second-order valence-electron chi connectivity index (χ2n) is 7.75. The maximum Gasteiger partial charge on any atom is 0.225 e. The molecular formula is C20H35IN6OS. The van der Waals surface area contributed by atoms with Crippen molar-refractivity contribution in [1.29, 1.82) is 0 Å². The highest BCUT2D eigenvalue weighted by atomic mass is 127. The van der Waals surface area contributed by atoms with Crippen LogP contribution in [-0.2, 0) is 11.3 Å². The van der Waals surface area contributed by atoms with Crippen LogP contribution in [0.2, 0.25) is 0 Å². The third-order valence-electron chi connectivity index (χ3n) is 5.81. The Balaban J connectivity index is 0.00000300. The zero-order valence-electron chi connectivity index (χ0n) is 17.9. The molecule has 7 nitrogen and oxygen atoms in total. The fourth-order valence-corrected chi connectivity index (χ4v) is 4.82. The van der Waals surface area contributed by atoms with Gasteiger partial charge in [0.2, 0.25) is 5.91 Å². The zero-order chi connectivity index (χ0) is 19.9. The van der Waals surface area contributed by atoms with E-state index in [0.29, 0.717) is 18.4 Å². The van der Waals surface area contributed by atoms with Crippen LogP contribution in [-0.4, -0.2) is 73.0 Å². The Morgan fingerprint density at radius 3 is 2.45 bits per heavy atom. The summed E-state index contributed by atoms with van der Waals surface area (Å²) in [5.41, 5.74) is 1.11. The molecule has 2 fully saturated rings. The summed E-state index contributed by atoms with van der Waals surface area (Å²) < 4.78 is 0. The number of hydrogen-bond acceptors (Lipinski definition) is 5. The van der Waals surface area contributed by atoms with Gasteiger partial charge in [-0.2, -0.15) is 0 Å². The third kappa shape index (κ3) is 7.06. The summed E-state index contributed by atoms with van der Waals surface area (Å²) in [6.07, 6.45) is 4.63. The van der Waals surface area contributed by atoms with Crippen molar-refractivity contribution in [2.75, 3.05) is 46.3 Å². The standard InChI is InChI=1S/C20H34N6OS.HI/c1-15-16(2)28-18(24-15)14-23-20(21-3)22-8-9-25-10-12-26(13-11-25)19(27)17-6-4-5-7-17;/h17H,4-14H2,1-3H3,(H2,21,22,23);1H. The Morgan fingerprint density at radius 2 is 1.86 bits per heavy atom. The van der Waals surface area contributed by atoms with Crippen molar-refractivity contribution in [3.05, 3.63) is 15.6 Å². The van der Waals surface area contributed by atoms with Gasteiger partial charge in [0.25, 0.3) is 0 Å². The number of nitrogens with one attached hydrogen (secondary N) is 2. The smallest absolute Gasteiger partial charge is 0.225 e. The number of carbonyl (C=O) groups excluding carboxylic acids is 1. The van der Waals surface area contributed by atoms with Crippen LogP contribution >= 0.6 is 35.3 Å². The number of amides is 1. The first kappa shape index (κ1) is 24.3. The lowest BCUT2D eigenvalue weighted by Gasteiger charge is -2.36. The maximum absolute atomic E-state index is 12.5. The van der Waals surface area contributed by atoms with Crippen molar-refractivity contribution in [2.45, 2.75) is 46.1 Å². The number of piperazine rings is 1. The fraction of sp³-hybridized carbons (Fsp3) is 0.750. The number of aryl methyl sites for hydroxylation is 2. The summed E-state index contributed by atoms with van der Waals surface area (Å²) in [7, 11) is 1.79. The van der Waals surface area contributed by atoms with Gasteiger partial charge in [-0.3, -0.25) is 14.7 Å². The van der Waals surface area contributed by atoms with Gasteiger partial charge in [-0.05, 0) is 26.7 Å². The Bertz CT molecular complexity index is 661. The van der Waals surface area contributed by atoms with Crippen LogP contribution in [0.3, 0.4) is 0 Å². The quantitative estimate of drug-likeness (QED) is 0.333. The lowest BCUT2D eigenvalue weighted by Crippen LogP contribution is -2.51. The van der Waals surface area contributed by atoms with Crippen molar-refractivity contribution in [3.63, 3.8) is 0 Å². The van der Waals surface area contributed by atoms with Crippen molar-refractivity contribution >= 4 is 47.2 Å². The van der Waals surface area contributed by atoms with Crippen LogP contribution in [0.5, 0.6) is 0 Å². The number of thiazole rings is 1. The molecule has 9 heteroatoms. The largest absolute Gasteiger partial charge is 0.355 e. The molecule has 0 bridgehead atoms. The molecular weight excluding hydrogens is 499 g/mol. The predicted molar refractivity (Wildman–Crippen MR) is 130 cm³/mol. The van der Waals surface area contributed by atoms with Gasteiger partial charge in [-0.25, -0.2) is 4.98 Å². The molecule has 1 aromatic heterocycles. The normalized spacial score (nSPS) is 18.6. The Labute approximate surface area is 195 Å². The molecule has 2 heterocycles. The Hall–Kier alpha value is -0.940. The summed E-state index contributed by atoms with van der Waals surface area (Å²) in [4.78, 5) is 27.1. The predicted octanol–water partition coefficient (Wildman–Crippen LogP) is 2.38. The number of rotatable bonds is 6. The summed E-state index contributed by atoms with van der Waals surface area (Å²) >= 11 is 1.73. The molecule has 1 aliphatic carbocycles. The van der Waals surface area contributed by atoms with Crippen LogP contribution in [0.15, 0.2) is 4.99 Å². The summed E-state index contributed by atoms with van der Waals surface area (Å²) in [6.45, 7) is 10.3. The number of guanidine groups is 1. The number of carbonyl (C=O) groups is 1. The topological polar surface area (TPSA) is 72.9 Å². The number of aliphatic imine (C=N–C) groups is 1. The van der Waals surface area contributed by atoms with Crippen LogP contribution in [0, 0.1) is 19.8 Å². The molecule has 0 atom stereocenters. The molecule has 0 aromatic carbocycles. The highest BCUT2D eigenvalue weighted by molar-refractivity contribution is 14.0. The second-order valence-corrected chi connectivity index (χ2v) is 9.04. The number of aromatic nitrogens is 1. The monoisotopic (exact) mass is 534 g/mol. The molecule has 1 aliphatic heterocycles. The highest BCUT2D eigenvalue weighted by Gasteiger charge is 2.29. The van der Waals surface area contributed by atoms with E-state index >= 15 is 0 Å². The van der Waals surface area contributed by atoms with E-state index in [0.717, 1.165) is 68.8 Å². The van der Waals surface area contributed by atoms with Gasteiger partial charge in [-0.1, -0.05) is 12.8 Å². The molecule has 2 N–H and O–H groups in total. The van der Waals surface area contributed by atoms with E-state index in [9.17, 15) is 4.79 Å². The van der Waals surface area contributed by atoms with Crippen molar-refractivity contribution in [2.24, 2.45) is 10.9 Å². The van der Waals surface area contributed by atoms with Crippen LogP contribution in [0.25, 0.3) is 0 Å². The van der Waals surface area contributed by atoms with E-state index < -0.39 is 0 Å². The molecule has 29 heavy (non-hydrogen) atoms. The first-order valence-corrected chi connectivity index (χ1v) is 11.3. The lowest BCUT2D eigenvalue weighted by molar-refractivity contribution is -0.137. The molecule has 1 amide bonds. The van der Waals surface area contributed by atoms with E-state index in [1.165, 1.54) is 17.7 Å². The summed E-state index contributed by atoms with van der Waals surface area (Å²) in [5.74, 6) is 1.50. The van der Waals surface area contributed by atoms with Gasteiger partial charge < -0.3 is 15.5 Å². The third-order valence-corrected chi connectivity index (χ3v) is 6.89. The molecule has 0 unspecified atom stereocenters. The number of halogens is 1. The number of hydrogen-bond donors (Lipinski definition) is 2. The molecule has 0 spiro atoms. The minimum Gasteiger partial charge on any atom is -0.355 e. The second kappa shape index (κ2) is 12.0. The molecule has 164 valence electrons. The molecule has 2 aliphatic rings. The van der Waals surface area contributed by atoms with Crippen molar-refractivity contribution in [3.8, 4) is 0 Å². The van der Waals surface area contributed by atoms with E-state index in [4.69, 9.17) is 0 Å². The molecule has 0 radical (unpaired) electrons. The summed E-state index contributed by atoms with van der Waals surface area (Å²) in [6, 6.07) is 0. The zero-order valence-corrected chi connectivity index (χ0v) is 21.0. The Kier molecular flexibility index (Phi) is 10.1. The molecule has 1 saturated carbocycles. The van der Waals surface area contributed by atoms with Gasteiger partial charge in [0.1, 0.15) is 5.01 Å². The van der Waals surface area contributed by atoms with Gasteiger partial charge >= 0.3 is 0 Å². The lowest BCUT2D eigenvalue weighted by atomic mass is 10.1. The molecule has 1 saturated heterocycles. The maximum atomic E-state index is 12.5. The first-order valence-electron chi connectivity index (χ1n) is 10.5. The molecule has 1 aromatic rings. The van der Waals surface area contributed by atoms with Crippen molar-refractivity contribution in [1.82, 2.24) is 25.4 Å². The van der Waals surface area contributed by atoms with Gasteiger partial charge in [0.05, 0.1) is 12.2 Å². The van der Waals surface area contributed by atoms with Crippen LogP contribution < -0.4 is 10.6 Å². The highest BCUT2D eigenvalue weighted by Crippen LogP contribution is 2.26. The van der Waals surface area contributed by atoms with Gasteiger partial charge in [0, 0.05) is 57.1 Å². The average Bonchev–Trinajstić information content (AvgIpc) is 3.35. The fourth-order valence-electron chi connectivity index (χ4n) is 3.95. The Morgan fingerprint density at radius 1 is 1.17 bits per heavy atom. The summed E-state index contributed by atoms with van der Waals surface area (Å²) in [5, 5.41) is 7.80. The van der Waals surface area contributed by atoms with Crippen molar-refractivity contribution < 1.29 is 4.79 Å². The minimum atomic E-state index is 0. The first-order chi connectivity index (χ1) is 13.6. The van der Waals surface area contributed by atoms with E-state index in [1.807, 2.05) is 6.92 Å². The van der Waals surface area contributed by atoms with Crippen LogP contribution in [0.1, 0.15) is 41.3 Å². The molecule has 3 rings (SSSR count). The van der Waals surface area contributed by atoms with Gasteiger partial charge in [0.15, 0.2) is 5.96 Å². The average molecular weight is 535 g/mol. The van der Waals surface area contributed by atoms with E-state index in [-0.39, 0.29) is 24.0 Å². The minimum absolute atomic E-state index is 0. The van der Waals surface area contributed by atoms with E-state index in [2.05, 4.69) is 37.3 Å². The van der Waals surface area contributed by atoms with Gasteiger partial charge in [-0.15, -0.1) is 35.3 Å².